The number of ether oxygens (including phenoxy) is 1. The number of aryl methyl sites for hydroxylation is 1. The van der Waals surface area contributed by atoms with Crippen LogP contribution in [0, 0.1) is 12.8 Å². The number of methoxy groups -OCH3 is 1. The fourth-order valence-corrected chi connectivity index (χ4v) is 5.41. The summed E-state index contributed by atoms with van der Waals surface area (Å²) in [6, 6.07) is 9.08. The molecule has 0 aliphatic carbocycles. The normalized spacial score (nSPS) is 14.4. The highest BCUT2D eigenvalue weighted by molar-refractivity contribution is 8.00. The van der Waals surface area contributed by atoms with Gasteiger partial charge in [0.05, 0.1) is 28.1 Å². The molecule has 9 heteroatoms. The van der Waals surface area contributed by atoms with Gasteiger partial charge in [0, 0.05) is 30.9 Å². The van der Waals surface area contributed by atoms with Gasteiger partial charge in [-0.2, -0.15) is 0 Å². The minimum Gasteiger partial charge on any atom is -0.497 e. The predicted molar refractivity (Wildman–Crippen MR) is 124 cm³/mol. The fraction of sp³-hybridized carbons (Fsp3) is 0.364. The number of nitrogens with one attached hydrogen (secondary N) is 1. The minimum absolute atomic E-state index is 0.0259. The summed E-state index contributed by atoms with van der Waals surface area (Å²) in [4.78, 5) is 37.4. The number of hydrogen-bond donors (Lipinski definition) is 1. The van der Waals surface area contributed by atoms with E-state index in [1.165, 1.54) is 23.1 Å². The van der Waals surface area contributed by atoms with Gasteiger partial charge in [-0.25, -0.2) is 9.97 Å². The van der Waals surface area contributed by atoms with Crippen molar-refractivity contribution < 1.29 is 14.3 Å². The van der Waals surface area contributed by atoms with Gasteiger partial charge in [0.2, 0.25) is 0 Å². The molecule has 1 aliphatic heterocycles. The van der Waals surface area contributed by atoms with E-state index in [4.69, 9.17) is 4.74 Å². The third-order valence-electron chi connectivity index (χ3n) is 5.12. The molecule has 0 spiro atoms. The highest BCUT2D eigenvalue weighted by Crippen LogP contribution is 2.29. The summed E-state index contributed by atoms with van der Waals surface area (Å²) >= 11 is 2.61. The summed E-state index contributed by atoms with van der Waals surface area (Å²) in [5.74, 6) is 1.98. The average Bonchev–Trinajstić information content (AvgIpc) is 3.24. The van der Waals surface area contributed by atoms with E-state index in [9.17, 15) is 9.59 Å². The van der Waals surface area contributed by atoms with Crippen LogP contribution in [-0.2, 0) is 0 Å². The zero-order chi connectivity index (χ0) is 22.0. The molecule has 7 nitrogen and oxygen atoms in total. The predicted octanol–water partition coefficient (Wildman–Crippen LogP) is 3.27. The number of nitrogens with zero attached hydrogens (tertiary/aromatic N) is 3. The molecule has 0 radical (unpaired) electrons. The number of thiophene rings is 1. The van der Waals surface area contributed by atoms with Gasteiger partial charge >= 0.3 is 0 Å². The summed E-state index contributed by atoms with van der Waals surface area (Å²) < 4.78 is 5.31. The highest BCUT2D eigenvalue weighted by Gasteiger charge is 2.24. The molecule has 1 N–H and O–H groups in total. The molecule has 1 aromatic carbocycles. The molecule has 1 saturated heterocycles. The topological polar surface area (TPSA) is 84.4 Å². The van der Waals surface area contributed by atoms with E-state index in [1.807, 2.05) is 25.1 Å². The summed E-state index contributed by atoms with van der Waals surface area (Å²) in [5.41, 5.74) is 0.816. The molecule has 3 heterocycles. The number of Topliss-reactive ketones (excluding diaryl/α,β-unsaturated/α-hetero) is 1. The van der Waals surface area contributed by atoms with E-state index in [2.05, 4.69) is 27.2 Å². The van der Waals surface area contributed by atoms with Crippen LogP contribution >= 0.6 is 23.1 Å². The van der Waals surface area contributed by atoms with Crippen molar-refractivity contribution in [2.75, 3.05) is 39.5 Å². The number of hydrogen-bond acceptors (Lipinski definition) is 8. The summed E-state index contributed by atoms with van der Waals surface area (Å²) in [7, 11) is 3.68. The molecule has 1 fully saturated rings. The Bertz CT molecular complexity index is 1130. The number of amides is 1. The van der Waals surface area contributed by atoms with Gasteiger partial charge in [-0.05, 0) is 44.3 Å². The van der Waals surface area contributed by atoms with Crippen molar-refractivity contribution in [3.63, 3.8) is 0 Å². The first-order valence-electron chi connectivity index (χ1n) is 9.98. The Morgan fingerprint density at radius 2 is 2.00 bits per heavy atom. The van der Waals surface area contributed by atoms with Gasteiger partial charge in [-0.15, -0.1) is 11.3 Å². The second-order valence-electron chi connectivity index (χ2n) is 7.63. The van der Waals surface area contributed by atoms with E-state index >= 15 is 0 Å². The first kappa shape index (κ1) is 21.7. The number of aromatic nitrogens is 2. The largest absolute Gasteiger partial charge is 0.497 e. The molecule has 0 unspecified atom stereocenters. The van der Waals surface area contributed by atoms with Crippen molar-refractivity contribution in [3.8, 4) is 5.75 Å². The smallest absolute Gasteiger partial charge is 0.261 e. The second kappa shape index (κ2) is 9.33. The van der Waals surface area contributed by atoms with Gasteiger partial charge in [-0.3, -0.25) is 9.59 Å². The minimum atomic E-state index is -0.115. The molecule has 0 saturated carbocycles. The number of thioether (sulfide) groups is 1. The lowest BCUT2D eigenvalue weighted by Gasteiger charge is -2.36. The Morgan fingerprint density at radius 1 is 1.23 bits per heavy atom. The number of rotatable bonds is 8. The van der Waals surface area contributed by atoms with Crippen LogP contribution in [0.4, 0.5) is 0 Å². The molecule has 0 bridgehead atoms. The fourth-order valence-electron chi connectivity index (χ4n) is 3.52. The lowest BCUT2D eigenvalue weighted by atomic mass is 10.0. The quantitative estimate of drug-likeness (QED) is 0.316. The monoisotopic (exact) mass is 456 g/mol. The van der Waals surface area contributed by atoms with Gasteiger partial charge in [0.25, 0.3) is 5.91 Å². The Labute approximate surface area is 189 Å². The van der Waals surface area contributed by atoms with Crippen LogP contribution in [-0.4, -0.2) is 66.1 Å². The molecule has 3 aromatic rings. The molecule has 0 atom stereocenters. The second-order valence-corrected chi connectivity index (χ2v) is 9.68. The number of carbonyl (C=O) groups is 2. The Kier molecular flexibility index (Phi) is 6.54. The summed E-state index contributed by atoms with van der Waals surface area (Å²) in [6.07, 6.45) is 0. The van der Waals surface area contributed by atoms with Crippen molar-refractivity contribution in [3.05, 3.63) is 45.9 Å². The van der Waals surface area contributed by atoms with Gasteiger partial charge in [0.1, 0.15) is 16.6 Å². The SMILES string of the molecule is COc1ccc2nc(C)nc(SCC(=O)c3ccc(C(=O)NCC4CN(C)C4)s3)c2c1. The molecule has 31 heavy (non-hydrogen) atoms. The lowest BCUT2D eigenvalue weighted by molar-refractivity contribution is 0.0901. The van der Waals surface area contributed by atoms with E-state index in [-0.39, 0.29) is 17.4 Å². The van der Waals surface area contributed by atoms with Gasteiger partial charge in [0.15, 0.2) is 5.78 Å². The van der Waals surface area contributed by atoms with Gasteiger partial charge < -0.3 is 15.0 Å². The third-order valence-corrected chi connectivity index (χ3v) is 7.23. The molecule has 1 amide bonds. The lowest BCUT2D eigenvalue weighted by Crippen LogP contribution is -2.49. The zero-order valence-corrected chi connectivity index (χ0v) is 19.3. The standard InChI is InChI=1S/C22H24N4O3S2/c1-13-24-17-5-4-15(29-3)8-16(17)22(25-13)30-12-18(27)19-6-7-20(31-19)21(28)23-9-14-10-26(2)11-14/h4-8,14H,9-12H2,1-3H3,(H,23,28). The van der Waals surface area contributed by atoms with Crippen LogP contribution in [0.15, 0.2) is 35.4 Å². The van der Waals surface area contributed by atoms with E-state index < -0.39 is 0 Å². The maximum Gasteiger partial charge on any atom is 0.261 e. The van der Waals surface area contributed by atoms with Crippen molar-refractivity contribution in [1.29, 1.82) is 0 Å². The Hall–Kier alpha value is -2.49. The maximum absolute atomic E-state index is 12.7. The van der Waals surface area contributed by atoms with Crippen molar-refractivity contribution in [2.24, 2.45) is 5.92 Å². The highest BCUT2D eigenvalue weighted by atomic mass is 32.2. The average molecular weight is 457 g/mol. The van der Waals surface area contributed by atoms with E-state index in [0.717, 1.165) is 34.8 Å². The van der Waals surface area contributed by atoms with Crippen LogP contribution in [0.25, 0.3) is 10.9 Å². The number of ketones is 1. The van der Waals surface area contributed by atoms with Crippen LogP contribution in [0.5, 0.6) is 5.75 Å². The molecule has 4 rings (SSSR count). The molecule has 162 valence electrons. The first-order chi connectivity index (χ1) is 14.9. The maximum atomic E-state index is 12.7. The third kappa shape index (κ3) is 5.06. The van der Waals surface area contributed by atoms with E-state index in [0.29, 0.717) is 28.0 Å². The van der Waals surface area contributed by atoms with Crippen molar-refractivity contribution >= 4 is 45.7 Å². The van der Waals surface area contributed by atoms with Crippen LogP contribution in [0.3, 0.4) is 0 Å². The number of benzene rings is 1. The molecular formula is C22H24N4O3S2. The van der Waals surface area contributed by atoms with Gasteiger partial charge in [-0.1, -0.05) is 11.8 Å². The van der Waals surface area contributed by atoms with Crippen LogP contribution in [0.2, 0.25) is 0 Å². The molecule has 2 aromatic heterocycles. The van der Waals surface area contributed by atoms with Crippen LogP contribution in [0.1, 0.15) is 25.2 Å². The van der Waals surface area contributed by atoms with Crippen molar-refractivity contribution in [1.82, 2.24) is 20.2 Å². The van der Waals surface area contributed by atoms with E-state index in [1.54, 1.807) is 19.2 Å². The molecular weight excluding hydrogens is 432 g/mol. The van der Waals surface area contributed by atoms with Crippen molar-refractivity contribution in [2.45, 2.75) is 11.9 Å². The molecule has 1 aliphatic rings. The zero-order valence-electron chi connectivity index (χ0n) is 17.7. The Balaban J connectivity index is 1.40. The number of fused-ring (bicyclic) bond motifs is 1. The number of likely N-dealkylation sites (tertiary alicyclic amines) is 1. The van der Waals surface area contributed by atoms with Crippen LogP contribution < -0.4 is 10.1 Å². The number of carbonyl (C=O) groups excluding carboxylic acids is 2. The summed E-state index contributed by atoms with van der Waals surface area (Å²) in [6.45, 7) is 4.52. The Morgan fingerprint density at radius 3 is 2.74 bits per heavy atom. The first-order valence-corrected chi connectivity index (χ1v) is 11.8. The summed E-state index contributed by atoms with van der Waals surface area (Å²) in [5, 5.41) is 4.57.